The Hall–Kier alpha value is -2.44. The number of hydrogen-bond acceptors (Lipinski definition) is 6. The maximum Gasteiger partial charge on any atom is 0.275 e. The van der Waals surface area contributed by atoms with Crippen LogP contribution in [0, 0.1) is 0 Å². The van der Waals surface area contributed by atoms with E-state index in [9.17, 15) is 9.90 Å². The van der Waals surface area contributed by atoms with E-state index in [1.54, 1.807) is 18.2 Å². The molecule has 0 radical (unpaired) electrons. The molecule has 9 heteroatoms. The molecule has 154 valence electrons. The Bertz CT molecular complexity index is 1250. The van der Waals surface area contributed by atoms with Gasteiger partial charge in [0.1, 0.15) is 23.5 Å². The van der Waals surface area contributed by atoms with Gasteiger partial charge in [-0.25, -0.2) is 4.98 Å². The molecule has 30 heavy (non-hydrogen) atoms. The van der Waals surface area contributed by atoms with Crippen LogP contribution in [0.2, 0.25) is 5.02 Å². The lowest BCUT2D eigenvalue weighted by molar-refractivity contribution is 0.170. The van der Waals surface area contributed by atoms with E-state index in [4.69, 9.17) is 21.1 Å². The quantitative estimate of drug-likeness (QED) is 0.433. The lowest BCUT2D eigenvalue weighted by atomic mass is 10.2. The van der Waals surface area contributed by atoms with Crippen molar-refractivity contribution in [1.29, 1.82) is 0 Å². The lowest BCUT2D eigenvalue weighted by Crippen LogP contribution is -2.18. The standard InChI is InChI=1S/C21H18ClN2O4PS/c1-27-17-8-14(6-7-16(17)28-10-19(25)29)24-11-23-15-9-18(30-20(15)21(24)26)12-2-4-13(22)5-3-12/h2-9,11,19,25H,10,29H2,1H3. The molecule has 0 saturated carbocycles. The van der Waals surface area contributed by atoms with E-state index in [0.717, 1.165) is 10.4 Å². The normalized spacial score (nSPS) is 12.1. The van der Waals surface area contributed by atoms with Crippen molar-refractivity contribution in [3.05, 3.63) is 70.2 Å². The van der Waals surface area contributed by atoms with Gasteiger partial charge in [-0.05, 0) is 35.9 Å². The van der Waals surface area contributed by atoms with Gasteiger partial charge in [-0.15, -0.1) is 20.6 Å². The van der Waals surface area contributed by atoms with Gasteiger partial charge in [0.15, 0.2) is 11.5 Å². The van der Waals surface area contributed by atoms with Crippen LogP contribution >= 0.6 is 32.2 Å². The molecule has 2 unspecified atom stereocenters. The van der Waals surface area contributed by atoms with Gasteiger partial charge in [-0.1, -0.05) is 23.7 Å². The number of rotatable bonds is 6. The number of ether oxygens (including phenoxy) is 2. The number of fused-ring (bicyclic) bond motifs is 1. The van der Waals surface area contributed by atoms with E-state index < -0.39 is 5.85 Å². The number of aliphatic hydroxyl groups is 1. The molecule has 0 saturated heterocycles. The van der Waals surface area contributed by atoms with Crippen molar-refractivity contribution in [2.45, 2.75) is 5.85 Å². The topological polar surface area (TPSA) is 73.6 Å². The third-order valence-corrected chi connectivity index (χ3v) is 6.01. The summed E-state index contributed by atoms with van der Waals surface area (Å²) in [5.74, 6) is 0.251. The largest absolute Gasteiger partial charge is 0.493 e. The van der Waals surface area contributed by atoms with Crippen molar-refractivity contribution >= 4 is 42.4 Å². The molecular weight excluding hydrogens is 443 g/mol. The number of aromatic nitrogens is 2. The van der Waals surface area contributed by atoms with Gasteiger partial charge in [0.2, 0.25) is 0 Å². The van der Waals surface area contributed by atoms with Crippen LogP contribution in [0.15, 0.2) is 59.7 Å². The summed E-state index contributed by atoms with van der Waals surface area (Å²) in [5, 5.41) is 10.0. The Morgan fingerprint density at radius 3 is 2.67 bits per heavy atom. The first kappa shape index (κ1) is 20.8. The van der Waals surface area contributed by atoms with Crippen LogP contribution in [0.5, 0.6) is 11.5 Å². The van der Waals surface area contributed by atoms with Crippen LogP contribution in [-0.4, -0.2) is 34.2 Å². The van der Waals surface area contributed by atoms with Crippen LogP contribution in [0.4, 0.5) is 0 Å². The van der Waals surface area contributed by atoms with Gasteiger partial charge in [0, 0.05) is 16.0 Å². The first-order chi connectivity index (χ1) is 14.5. The molecule has 0 aliphatic rings. The van der Waals surface area contributed by atoms with Gasteiger partial charge in [0.05, 0.1) is 18.3 Å². The fraction of sp³-hybridized carbons (Fsp3) is 0.143. The fourth-order valence-electron chi connectivity index (χ4n) is 2.95. The lowest BCUT2D eigenvalue weighted by Gasteiger charge is -2.13. The van der Waals surface area contributed by atoms with E-state index in [-0.39, 0.29) is 12.2 Å². The van der Waals surface area contributed by atoms with E-state index in [1.165, 1.54) is 29.3 Å². The highest BCUT2D eigenvalue weighted by molar-refractivity contribution is 7.22. The first-order valence-corrected chi connectivity index (χ1v) is 10.8. The zero-order valence-electron chi connectivity index (χ0n) is 15.9. The van der Waals surface area contributed by atoms with Crippen LogP contribution in [0.1, 0.15) is 0 Å². The minimum atomic E-state index is -0.683. The SMILES string of the molecule is COc1cc(-n2cnc3cc(-c4ccc(Cl)cc4)sc3c2=O)ccc1OCC(O)P. The number of methoxy groups -OCH3 is 1. The van der Waals surface area contributed by atoms with Gasteiger partial charge in [-0.3, -0.25) is 9.36 Å². The van der Waals surface area contributed by atoms with E-state index in [2.05, 4.69) is 14.2 Å². The van der Waals surface area contributed by atoms with Crippen LogP contribution in [0.3, 0.4) is 0 Å². The number of hydrogen-bond donors (Lipinski definition) is 1. The molecule has 4 aromatic rings. The highest BCUT2D eigenvalue weighted by Gasteiger charge is 2.14. The summed E-state index contributed by atoms with van der Waals surface area (Å²) in [6, 6.07) is 14.5. The van der Waals surface area contributed by atoms with E-state index >= 15 is 0 Å². The molecule has 0 fully saturated rings. The fourth-order valence-corrected chi connectivity index (χ4v) is 4.22. The summed E-state index contributed by atoms with van der Waals surface area (Å²) < 4.78 is 13.0. The second kappa shape index (κ2) is 8.74. The maximum absolute atomic E-state index is 13.1. The van der Waals surface area contributed by atoms with Crippen LogP contribution in [-0.2, 0) is 0 Å². The van der Waals surface area contributed by atoms with Crippen LogP contribution < -0.4 is 15.0 Å². The molecule has 1 N–H and O–H groups in total. The molecule has 2 atom stereocenters. The van der Waals surface area contributed by atoms with Gasteiger partial charge in [-0.2, -0.15) is 0 Å². The average Bonchev–Trinajstić information content (AvgIpc) is 3.18. The summed E-state index contributed by atoms with van der Waals surface area (Å²) in [7, 11) is 3.77. The molecular formula is C21H18ClN2O4PS. The van der Waals surface area contributed by atoms with Gasteiger partial charge >= 0.3 is 0 Å². The van der Waals surface area contributed by atoms with Crippen molar-refractivity contribution in [3.8, 4) is 27.6 Å². The van der Waals surface area contributed by atoms with Gasteiger partial charge < -0.3 is 14.6 Å². The molecule has 0 aliphatic heterocycles. The number of aliphatic hydroxyl groups excluding tert-OH is 1. The summed E-state index contributed by atoms with van der Waals surface area (Å²) in [5.41, 5.74) is 2.06. The zero-order chi connectivity index (χ0) is 21.3. The highest BCUT2D eigenvalue weighted by atomic mass is 35.5. The molecule has 0 amide bonds. The Morgan fingerprint density at radius 1 is 1.20 bits per heavy atom. The Morgan fingerprint density at radius 2 is 1.97 bits per heavy atom. The summed E-state index contributed by atoms with van der Waals surface area (Å²) in [6.45, 7) is 0.108. The Balaban J connectivity index is 1.73. The smallest absolute Gasteiger partial charge is 0.275 e. The van der Waals surface area contributed by atoms with Crippen molar-refractivity contribution in [2.24, 2.45) is 0 Å². The minimum Gasteiger partial charge on any atom is -0.493 e. The minimum absolute atomic E-state index is 0.108. The number of halogens is 1. The molecule has 0 spiro atoms. The monoisotopic (exact) mass is 460 g/mol. The Labute approximate surface area is 183 Å². The molecule has 2 aromatic heterocycles. The molecule has 0 bridgehead atoms. The Kier molecular flexibility index (Phi) is 6.06. The third kappa shape index (κ3) is 4.20. The summed E-state index contributed by atoms with van der Waals surface area (Å²) >= 11 is 7.36. The second-order valence-electron chi connectivity index (χ2n) is 6.47. The highest BCUT2D eigenvalue weighted by Crippen LogP contribution is 2.33. The van der Waals surface area contributed by atoms with Crippen molar-refractivity contribution in [2.75, 3.05) is 13.7 Å². The molecule has 6 nitrogen and oxygen atoms in total. The zero-order valence-corrected chi connectivity index (χ0v) is 18.6. The van der Waals surface area contributed by atoms with Gasteiger partial charge in [0.25, 0.3) is 5.56 Å². The maximum atomic E-state index is 13.1. The van der Waals surface area contributed by atoms with Crippen LogP contribution in [0.25, 0.3) is 26.3 Å². The molecule has 2 aromatic carbocycles. The molecule has 2 heterocycles. The van der Waals surface area contributed by atoms with E-state index in [0.29, 0.717) is 32.4 Å². The number of nitrogens with zero attached hydrogens (tertiary/aromatic N) is 2. The number of benzene rings is 2. The molecule has 0 aliphatic carbocycles. The summed E-state index contributed by atoms with van der Waals surface area (Å²) in [4.78, 5) is 18.5. The van der Waals surface area contributed by atoms with Crippen molar-refractivity contribution < 1.29 is 14.6 Å². The molecule has 4 rings (SSSR count). The van der Waals surface area contributed by atoms with E-state index in [1.807, 2.05) is 30.3 Å². The third-order valence-electron chi connectivity index (χ3n) is 4.40. The second-order valence-corrected chi connectivity index (χ2v) is 8.72. The van der Waals surface area contributed by atoms with Crippen molar-refractivity contribution in [1.82, 2.24) is 9.55 Å². The van der Waals surface area contributed by atoms with Crippen molar-refractivity contribution in [3.63, 3.8) is 0 Å². The summed E-state index contributed by atoms with van der Waals surface area (Å²) in [6.07, 6.45) is 1.50. The predicted octanol–water partition coefficient (Wildman–Crippen LogP) is 4.35. The number of thiophene rings is 1. The first-order valence-electron chi connectivity index (χ1n) is 8.98. The average molecular weight is 461 g/mol. The predicted molar refractivity (Wildman–Crippen MR) is 123 cm³/mol.